The van der Waals surface area contributed by atoms with Crippen molar-refractivity contribution >= 4 is 11.7 Å². The first-order chi connectivity index (χ1) is 9.41. The van der Waals surface area contributed by atoms with Crippen LogP contribution in [0.1, 0.15) is 23.3 Å². The summed E-state index contributed by atoms with van der Waals surface area (Å²) in [4.78, 5) is 17.5. The van der Waals surface area contributed by atoms with E-state index < -0.39 is 12.1 Å². The van der Waals surface area contributed by atoms with Crippen molar-refractivity contribution < 1.29 is 18.0 Å². The summed E-state index contributed by atoms with van der Waals surface area (Å²) >= 11 is 0. The highest BCUT2D eigenvalue weighted by Gasteiger charge is 2.41. The summed E-state index contributed by atoms with van der Waals surface area (Å²) in [6.07, 6.45) is -4.31. The number of aromatic nitrogens is 1. The predicted molar refractivity (Wildman–Crippen MR) is 66.7 cm³/mol. The normalized spacial score (nSPS) is 17.1. The lowest BCUT2D eigenvalue weighted by atomic mass is 9.96. The van der Waals surface area contributed by atoms with Crippen molar-refractivity contribution in [2.45, 2.75) is 19.0 Å². The third-order valence-electron chi connectivity index (χ3n) is 3.36. The van der Waals surface area contributed by atoms with Gasteiger partial charge in [0.25, 0.3) is 5.91 Å². The first kappa shape index (κ1) is 14.6. The van der Waals surface area contributed by atoms with E-state index in [1.807, 2.05) is 0 Å². The molecular formula is C12H15F3N4O. The minimum absolute atomic E-state index is 0.0654. The second kappa shape index (κ2) is 5.66. The van der Waals surface area contributed by atoms with Gasteiger partial charge in [0.15, 0.2) is 0 Å². The molecular weight excluding hydrogens is 273 g/mol. The number of anilines is 1. The molecule has 5 nitrogen and oxygen atoms in total. The lowest BCUT2D eigenvalue weighted by molar-refractivity contribution is -0.183. The SMILES string of the molecule is NNc1cccc(C(=O)N2CCC(C(F)(F)F)CC2)n1. The zero-order chi connectivity index (χ0) is 14.8. The summed E-state index contributed by atoms with van der Waals surface area (Å²) in [5, 5.41) is 0. The topological polar surface area (TPSA) is 71.2 Å². The highest BCUT2D eigenvalue weighted by Crippen LogP contribution is 2.34. The Hall–Kier alpha value is -1.83. The summed E-state index contributed by atoms with van der Waals surface area (Å²) in [6, 6.07) is 4.71. The molecule has 0 saturated carbocycles. The van der Waals surface area contributed by atoms with Crippen molar-refractivity contribution in [3.8, 4) is 0 Å². The lowest BCUT2D eigenvalue weighted by Crippen LogP contribution is -2.42. The number of piperidine rings is 1. The van der Waals surface area contributed by atoms with Crippen LogP contribution in [0, 0.1) is 5.92 Å². The van der Waals surface area contributed by atoms with Gasteiger partial charge in [0.2, 0.25) is 0 Å². The summed E-state index contributed by atoms with van der Waals surface area (Å²) in [5.41, 5.74) is 2.49. The Kier molecular flexibility index (Phi) is 4.12. The fourth-order valence-electron chi connectivity index (χ4n) is 2.21. The second-order valence-corrected chi connectivity index (χ2v) is 4.66. The van der Waals surface area contributed by atoms with Crippen molar-refractivity contribution in [1.29, 1.82) is 0 Å². The molecule has 0 bridgehead atoms. The number of halogens is 3. The number of nitrogens with zero attached hydrogens (tertiary/aromatic N) is 2. The number of nitrogens with two attached hydrogens (primary N) is 1. The molecule has 2 heterocycles. The molecule has 0 unspecified atom stereocenters. The molecule has 1 aliphatic heterocycles. The predicted octanol–water partition coefficient (Wildman–Crippen LogP) is 1.78. The zero-order valence-electron chi connectivity index (χ0n) is 10.7. The van der Waals surface area contributed by atoms with Gasteiger partial charge < -0.3 is 10.3 Å². The van der Waals surface area contributed by atoms with E-state index in [1.165, 1.54) is 11.0 Å². The molecule has 3 N–H and O–H groups in total. The average Bonchev–Trinajstić information content (AvgIpc) is 2.46. The van der Waals surface area contributed by atoms with E-state index in [4.69, 9.17) is 5.84 Å². The molecule has 1 saturated heterocycles. The van der Waals surface area contributed by atoms with Crippen molar-refractivity contribution in [1.82, 2.24) is 9.88 Å². The Bertz CT molecular complexity index is 484. The molecule has 2 rings (SSSR count). The largest absolute Gasteiger partial charge is 0.391 e. The van der Waals surface area contributed by atoms with Crippen LogP contribution in [0.25, 0.3) is 0 Å². The number of rotatable bonds is 2. The smallest absolute Gasteiger partial charge is 0.337 e. The monoisotopic (exact) mass is 288 g/mol. The summed E-state index contributed by atoms with van der Waals surface area (Å²) in [7, 11) is 0. The number of nitrogen functional groups attached to an aromatic ring is 1. The number of pyridine rings is 1. The Balaban J connectivity index is 2.01. The number of carbonyl (C=O) groups excluding carboxylic acids is 1. The van der Waals surface area contributed by atoms with Crippen LogP contribution < -0.4 is 11.3 Å². The van der Waals surface area contributed by atoms with Crippen LogP contribution in [0.2, 0.25) is 0 Å². The summed E-state index contributed by atoms with van der Waals surface area (Å²) < 4.78 is 37.7. The summed E-state index contributed by atoms with van der Waals surface area (Å²) in [5.74, 6) is 3.84. The molecule has 0 aliphatic carbocycles. The van der Waals surface area contributed by atoms with Gasteiger partial charge >= 0.3 is 6.18 Å². The van der Waals surface area contributed by atoms with E-state index in [9.17, 15) is 18.0 Å². The molecule has 1 aromatic heterocycles. The van der Waals surface area contributed by atoms with E-state index in [-0.39, 0.29) is 37.5 Å². The van der Waals surface area contributed by atoms with Crippen LogP contribution in [-0.2, 0) is 0 Å². The number of hydrogen-bond acceptors (Lipinski definition) is 4. The zero-order valence-corrected chi connectivity index (χ0v) is 10.7. The number of hydrazine groups is 1. The molecule has 0 radical (unpaired) electrons. The first-order valence-corrected chi connectivity index (χ1v) is 6.21. The average molecular weight is 288 g/mol. The molecule has 8 heteroatoms. The first-order valence-electron chi connectivity index (χ1n) is 6.21. The van der Waals surface area contributed by atoms with E-state index in [2.05, 4.69) is 10.4 Å². The maximum Gasteiger partial charge on any atom is 0.391 e. The molecule has 1 aromatic rings. The molecule has 1 amide bonds. The lowest BCUT2D eigenvalue weighted by Gasteiger charge is -2.32. The van der Waals surface area contributed by atoms with Gasteiger partial charge in [0.05, 0.1) is 5.92 Å². The molecule has 0 spiro atoms. The van der Waals surface area contributed by atoms with Crippen LogP contribution in [0.3, 0.4) is 0 Å². The van der Waals surface area contributed by atoms with E-state index in [0.717, 1.165) is 0 Å². The number of nitrogens with one attached hydrogen (secondary N) is 1. The fraction of sp³-hybridized carbons (Fsp3) is 0.500. The number of hydrogen-bond donors (Lipinski definition) is 2. The van der Waals surface area contributed by atoms with Crippen LogP contribution in [-0.4, -0.2) is 35.1 Å². The Morgan fingerprint density at radius 3 is 2.55 bits per heavy atom. The van der Waals surface area contributed by atoms with Crippen molar-refractivity contribution in [2.75, 3.05) is 18.5 Å². The van der Waals surface area contributed by atoms with Gasteiger partial charge in [-0.15, -0.1) is 0 Å². The molecule has 0 aromatic carbocycles. The number of carbonyl (C=O) groups is 1. The molecule has 20 heavy (non-hydrogen) atoms. The number of likely N-dealkylation sites (tertiary alicyclic amines) is 1. The number of alkyl halides is 3. The van der Waals surface area contributed by atoms with Crippen molar-refractivity contribution in [2.24, 2.45) is 11.8 Å². The third-order valence-corrected chi connectivity index (χ3v) is 3.36. The van der Waals surface area contributed by atoms with Crippen LogP contribution in [0.15, 0.2) is 18.2 Å². The Labute approximate surface area is 113 Å². The van der Waals surface area contributed by atoms with Crippen molar-refractivity contribution in [3.63, 3.8) is 0 Å². The van der Waals surface area contributed by atoms with Gasteiger partial charge in [0.1, 0.15) is 11.5 Å². The van der Waals surface area contributed by atoms with E-state index >= 15 is 0 Å². The summed E-state index contributed by atoms with van der Waals surface area (Å²) in [6.45, 7) is 0.177. The molecule has 1 aliphatic rings. The maximum absolute atomic E-state index is 12.6. The minimum Gasteiger partial charge on any atom is -0.337 e. The van der Waals surface area contributed by atoms with E-state index in [0.29, 0.717) is 5.82 Å². The highest BCUT2D eigenvalue weighted by molar-refractivity contribution is 5.92. The van der Waals surface area contributed by atoms with Crippen LogP contribution in [0.4, 0.5) is 19.0 Å². The molecule has 0 atom stereocenters. The second-order valence-electron chi connectivity index (χ2n) is 4.66. The minimum atomic E-state index is -4.18. The van der Waals surface area contributed by atoms with Gasteiger partial charge in [-0.05, 0) is 25.0 Å². The van der Waals surface area contributed by atoms with Gasteiger partial charge in [0, 0.05) is 13.1 Å². The van der Waals surface area contributed by atoms with Crippen LogP contribution in [0.5, 0.6) is 0 Å². The Morgan fingerprint density at radius 1 is 1.35 bits per heavy atom. The quantitative estimate of drug-likeness (QED) is 0.643. The molecule has 1 fully saturated rings. The van der Waals surface area contributed by atoms with Gasteiger partial charge in [-0.3, -0.25) is 4.79 Å². The third kappa shape index (κ3) is 3.19. The van der Waals surface area contributed by atoms with Gasteiger partial charge in [-0.25, -0.2) is 10.8 Å². The van der Waals surface area contributed by atoms with Crippen LogP contribution >= 0.6 is 0 Å². The van der Waals surface area contributed by atoms with Crippen molar-refractivity contribution in [3.05, 3.63) is 23.9 Å². The van der Waals surface area contributed by atoms with E-state index in [1.54, 1.807) is 12.1 Å². The number of amides is 1. The standard InChI is InChI=1S/C12H15F3N4O/c13-12(14,15)8-4-6-19(7-5-8)11(20)9-2-1-3-10(17-9)18-16/h1-3,8H,4-7,16H2,(H,17,18). The highest BCUT2D eigenvalue weighted by atomic mass is 19.4. The molecule has 110 valence electrons. The van der Waals surface area contributed by atoms with Gasteiger partial charge in [-0.1, -0.05) is 6.07 Å². The maximum atomic E-state index is 12.6. The Morgan fingerprint density at radius 2 is 2.00 bits per heavy atom. The van der Waals surface area contributed by atoms with Gasteiger partial charge in [-0.2, -0.15) is 13.2 Å². The fourth-order valence-corrected chi connectivity index (χ4v) is 2.21.